The Labute approximate surface area is 235 Å². The summed E-state index contributed by atoms with van der Waals surface area (Å²) in [4.78, 5) is 23.8. The molecule has 0 saturated heterocycles. The maximum Gasteiger partial charge on any atom is 0.312 e. The van der Waals surface area contributed by atoms with E-state index in [4.69, 9.17) is 36.1 Å². The predicted molar refractivity (Wildman–Crippen MR) is 149 cm³/mol. The maximum absolute atomic E-state index is 11.9. The van der Waals surface area contributed by atoms with Gasteiger partial charge in [0.1, 0.15) is 23.7 Å². The van der Waals surface area contributed by atoms with Gasteiger partial charge in [-0.15, -0.1) is 0 Å². The molecule has 0 aliphatic heterocycles. The number of hydrogen-bond donors (Lipinski definition) is 5. The Kier molecular flexibility index (Phi) is 11.1. The molecule has 11 nitrogen and oxygen atoms in total. The number of aliphatic hydroxyl groups is 2. The topological polar surface area (TPSA) is 190 Å². The Balaban J connectivity index is 2.46. The van der Waals surface area contributed by atoms with Crippen molar-refractivity contribution in [2.45, 2.75) is 76.2 Å². The number of nitrogens with two attached hydrogens (primary N) is 3. The minimum atomic E-state index is -1.94. The lowest BCUT2D eigenvalue weighted by Gasteiger charge is -2.50. The number of esters is 2. The molecule has 222 valence electrons. The first-order valence-electron chi connectivity index (χ1n) is 13.0. The minimum absolute atomic E-state index is 0.268. The second-order valence-corrected chi connectivity index (χ2v) is 10.2. The first-order chi connectivity index (χ1) is 18.6. The molecule has 0 heterocycles. The van der Waals surface area contributed by atoms with E-state index < -0.39 is 59.4 Å². The van der Waals surface area contributed by atoms with Gasteiger partial charge in [0.25, 0.3) is 0 Å². The van der Waals surface area contributed by atoms with Crippen molar-refractivity contribution in [3.05, 3.63) is 59.7 Å². The van der Waals surface area contributed by atoms with Gasteiger partial charge in [-0.25, -0.2) is 0 Å². The van der Waals surface area contributed by atoms with E-state index >= 15 is 0 Å². The van der Waals surface area contributed by atoms with E-state index in [2.05, 4.69) is 0 Å². The van der Waals surface area contributed by atoms with Crippen LogP contribution in [0.5, 0.6) is 11.5 Å². The zero-order chi connectivity index (χ0) is 30.4. The third kappa shape index (κ3) is 7.10. The lowest BCUT2D eigenvalue weighted by atomic mass is 9.76. The molecule has 0 amide bonds. The van der Waals surface area contributed by atoms with Crippen LogP contribution in [0.3, 0.4) is 0 Å². The highest BCUT2D eigenvalue weighted by molar-refractivity contribution is 5.78. The number of carbonyl (C=O) groups excluding carboxylic acids is 2. The van der Waals surface area contributed by atoms with Crippen molar-refractivity contribution in [2.24, 2.45) is 23.1 Å². The summed E-state index contributed by atoms with van der Waals surface area (Å²) in [5, 5.41) is 21.8. The van der Waals surface area contributed by atoms with Gasteiger partial charge in [-0.05, 0) is 70.0 Å². The van der Waals surface area contributed by atoms with E-state index in [0.717, 1.165) is 0 Å². The van der Waals surface area contributed by atoms with Gasteiger partial charge in [-0.2, -0.15) is 0 Å². The third-order valence-electron chi connectivity index (χ3n) is 7.26. The molecule has 2 rings (SSSR count). The number of aliphatic hydroxyl groups excluding tert-OH is 2. The van der Waals surface area contributed by atoms with Crippen molar-refractivity contribution in [1.82, 2.24) is 0 Å². The van der Waals surface area contributed by atoms with Gasteiger partial charge in [0.15, 0.2) is 11.4 Å². The first-order valence-corrected chi connectivity index (χ1v) is 13.0. The van der Waals surface area contributed by atoms with Crippen LogP contribution in [0.25, 0.3) is 0 Å². The molecule has 0 bridgehead atoms. The summed E-state index contributed by atoms with van der Waals surface area (Å²) in [6, 6.07) is 12.3. The average Bonchev–Trinajstić information content (AvgIpc) is 2.91. The normalized spacial score (nSPS) is 19.0. The van der Waals surface area contributed by atoms with E-state index in [9.17, 15) is 19.8 Å². The zero-order valence-corrected chi connectivity index (χ0v) is 24.2. The smallest absolute Gasteiger partial charge is 0.312 e. The highest BCUT2D eigenvalue weighted by atomic mass is 16.6. The maximum atomic E-state index is 11.9. The van der Waals surface area contributed by atoms with E-state index in [1.54, 1.807) is 69.3 Å². The number of benzene rings is 2. The fourth-order valence-corrected chi connectivity index (χ4v) is 4.67. The van der Waals surface area contributed by atoms with Crippen molar-refractivity contribution >= 4 is 11.9 Å². The van der Waals surface area contributed by atoms with Crippen LogP contribution in [-0.2, 0) is 19.1 Å². The Morgan fingerprint density at radius 3 is 1.20 bits per heavy atom. The van der Waals surface area contributed by atoms with E-state index in [0.29, 0.717) is 11.1 Å². The van der Waals surface area contributed by atoms with Gasteiger partial charge < -0.3 is 34.9 Å². The minimum Gasteiger partial charge on any atom is -0.470 e. The third-order valence-corrected chi connectivity index (χ3v) is 7.26. The highest BCUT2D eigenvalue weighted by Gasteiger charge is 2.57. The number of carbonyl (C=O) groups is 2. The molecule has 11 heteroatoms. The summed E-state index contributed by atoms with van der Waals surface area (Å²) < 4.78 is 21.9. The number of methoxy groups -OCH3 is 2. The molecular weight excluding hydrogens is 518 g/mol. The first kappa shape index (κ1) is 33.0. The summed E-state index contributed by atoms with van der Waals surface area (Å²) in [5.41, 5.74) is 17.3. The molecule has 0 aliphatic carbocycles. The molecule has 2 aromatic rings. The van der Waals surface area contributed by atoms with Gasteiger partial charge in [-0.1, -0.05) is 24.3 Å². The summed E-state index contributed by atoms with van der Waals surface area (Å²) in [7, 11) is 2.63. The van der Waals surface area contributed by atoms with Gasteiger partial charge in [0.2, 0.25) is 0 Å². The molecule has 7 atom stereocenters. The fourth-order valence-electron chi connectivity index (χ4n) is 4.67. The fraction of sp³-hybridized carbons (Fsp3) is 0.517. The Bertz CT molecular complexity index is 1040. The highest BCUT2D eigenvalue weighted by Crippen LogP contribution is 2.37. The molecule has 0 saturated carbocycles. The van der Waals surface area contributed by atoms with E-state index in [-0.39, 0.29) is 11.5 Å². The molecule has 7 unspecified atom stereocenters. The van der Waals surface area contributed by atoms with Crippen molar-refractivity contribution in [2.75, 3.05) is 14.2 Å². The Morgan fingerprint density at radius 2 is 0.975 bits per heavy atom. The summed E-state index contributed by atoms with van der Waals surface area (Å²) >= 11 is 0. The van der Waals surface area contributed by atoms with Gasteiger partial charge in [0, 0.05) is 6.04 Å². The second kappa shape index (κ2) is 13.4. The van der Waals surface area contributed by atoms with Gasteiger partial charge in [0.05, 0.1) is 32.0 Å². The molecular formula is C29H43N3O8. The molecule has 0 aromatic heterocycles. The average molecular weight is 562 g/mol. The molecule has 40 heavy (non-hydrogen) atoms. The largest absolute Gasteiger partial charge is 0.470 e. The van der Waals surface area contributed by atoms with Crippen molar-refractivity contribution in [1.29, 1.82) is 0 Å². The van der Waals surface area contributed by atoms with E-state index in [1.165, 1.54) is 28.1 Å². The van der Waals surface area contributed by atoms with Crippen LogP contribution in [0.2, 0.25) is 0 Å². The van der Waals surface area contributed by atoms with Crippen LogP contribution in [0.15, 0.2) is 48.5 Å². The SMILES string of the molecule is COC(=O)C(C)c1ccc(OC(N)(C(C)O)C(C(C)N)C(N)(Oc2ccc(C(C)C(=O)OC)cc2)C(C)O)cc1. The molecule has 0 radical (unpaired) electrons. The number of hydrogen-bond acceptors (Lipinski definition) is 11. The van der Waals surface area contributed by atoms with Gasteiger partial charge >= 0.3 is 11.9 Å². The number of rotatable bonds is 13. The molecule has 0 aliphatic rings. The molecule has 0 spiro atoms. The van der Waals surface area contributed by atoms with Crippen LogP contribution in [0.4, 0.5) is 0 Å². The van der Waals surface area contributed by atoms with Gasteiger partial charge in [-0.3, -0.25) is 21.1 Å². The Hall–Kier alpha value is -3.22. The lowest BCUT2D eigenvalue weighted by molar-refractivity contribution is -0.179. The van der Waals surface area contributed by atoms with Crippen molar-refractivity contribution in [3.8, 4) is 11.5 Å². The molecule has 8 N–H and O–H groups in total. The lowest BCUT2D eigenvalue weighted by Crippen LogP contribution is -2.76. The summed E-state index contributed by atoms with van der Waals surface area (Å²) in [6.45, 7) is 7.89. The Morgan fingerprint density at radius 1 is 0.675 bits per heavy atom. The summed E-state index contributed by atoms with van der Waals surface area (Å²) in [5.74, 6) is -2.42. The predicted octanol–water partition coefficient (Wildman–Crippen LogP) is 1.73. The van der Waals surface area contributed by atoms with Crippen molar-refractivity contribution < 1.29 is 38.7 Å². The van der Waals surface area contributed by atoms with E-state index in [1.807, 2.05) is 0 Å². The van der Waals surface area contributed by atoms with Crippen LogP contribution < -0.4 is 26.7 Å². The zero-order valence-electron chi connectivity index (χ0n) is 24.2. The molecule has 2 aromatic carbocycles. The monoisotopic (exact) mass is 561 g/mol. The number of ether oxygens (including phenoxy) is 4. The second-order valence-electron chi connectivity index (χ2n) is 10.2. The van der Waals surface area contributed by atoms with Crippen LogP contribution in [-0.4, -0.2) is 66.1 Å². The van der Waals surface area contributed by atoms with Crippen LogP contribution in [0.1, 0.15) is 57.6 Å². The standard InChI is InChI=1S/C29H43N3O8/c1-16(26(35)37-6)21-8-12-23(13-9-21)39-28(31,19(4)33)25(18(3)30)29(32,20(5)34)40-24-14-10-22(11-15-24)17(2)27(36)38-7/h8-20,25,33-34H,30-32H2,1-7H3. The quantitative estimate of drug-likeness (QED) is 0.177. The summed E-state index contributed by atoms with van der Waals surface area (Å²) in [6.07, 6.45) is -2.66. The van der Waals surface area contributed by atoms with Crippen molar-refractivity contribution in [3.63, 3.8) is 0 Å². The van der Waals surface area contributed by atoms with Crippen LogP contribution in [0, 0.1) is 5.92 Å². The molecule has 0 fully saturated rings. The van der Waals surface area contributed by atoms with Crippen LogP contribution >= 0.6 is 0 Å².